The Kier molecular flexibility index (Phi) is 33.2. The fraction of sp³-hybridized carbons (Fsp3) is 0.875. The van der Waals surface area contributed by atoms with Gasteiger partial charge in [0.1, 0.15) is 0 Å². The Morgan fingerprint density at radius 1 is 1.21 bits per heavy atom. The summed E-state index contributed by atoms with van der Waals surface area (Å²) in [4.78, 5) is 9.99. The molecule has 0 aromatic carbocycles. The number of halogens is 1. The zero-order chi connectivity index (χ0) is 8.53. The summed E-state index contributed by atoms with van der Waals surface area (Å²) < 4.78 is 0. The van der Waals surface area contributed by atoms with Crippen molar-refractivity contribution in [1.29, 1.82) is 0 Å². The quantitative estimate of drug-likeness (QED) is 0.283. The first-order valence-electron chi connectivity index (χ1n) is 4.00. The van der Waals surface area contributed by atoms with Gasteiger partial charge in [-0.05, 0) is 34.0 Å². The summed E-state index contributed by atoms with van der Waals surface area (Å²) in [6.07, 6.45) is 1.08. The number of hydrogen-bond acceptors (Lipinski definition) is 3. The summed E-state index contributed by atoms with van der Waals surface area (Å²) in [5.41, 5.74) is 0. The van der Waals surface area contributed by atoms with Gasteiger partial charge in [-0.15, -0.1) is 12.4 Å². The molecule has 80 valence electrons. The van der Waals surface area contributed by atoms with Crippen LogP contribution in [0, 0.1) is 0 Å². The molecule has 0 amide bonds. The molecule has 0 aliphatic rings. The second-order valence-electron chi connectivity index (χ2n) is 2.61. The Labute approximate surface area is 118 Å². The minimum atomic E-state index is 0. The van der Waals surface area contributed by atoms with E-state index in [1.54, 1.807) is 0 Å². The maximum absolute atomic E-state index is 3.99. The van der Waals surface area contributed by atoms with Crippen LogP contribution >= 0.6 is 12.4 Å². The van der Waals surface area contributed by atoms with Gasteiger partial charge in [-0.3, -0.25) is 0 Å². The summed E-state index contributed by atoms with van der Waals surface area (Å²) in [7, 11) is 4.12. The molecular formula is C8H22BClN3Na. The largest absolute Gasteiger partial charge is 1.00 e. The van der Waals surface area contributed by atoms with Gasteiger partial charge in [0.25, 0.3) is 0 Å². The Bertz CT molecular complexity index is 150. The molecular weight excluding hydrogens is 207 g/mol. The molecule has 3 nitrogen and oxygen atoms in total. The summed E-state index contributed by atoms with van der Waals surface area (Å²) >= 11 is 0. The van der Waals surface area contributed by atoms with Crippen LogP contribution in [0.25, 0.3) is 0 Å². The van der Waals surface area contributed by atoms with Crippen LogP contribution in [-0.2, 0) is 0 Å². The van der Waals surface area contributed by atoms with Crippen LogP contribution in [0.3, 0.4) is 0 Å². The number of rotatable bonds is 5. The fourth-order valence-electron chi connectivity index (χ4n) is 0.637. The minimum absolute atomic E-state index is 0. The van der Waals surface area contributed by atoms with Crippen LogP contribution < -0.4 is 29.6 Å². The van der Waals surface area contributed by atoms with Gasteiger partial charge in [0, 0.05) is 6.54 Å². The third-order valence-corrected chi connectivity index (χ3v) is 1.17. The SMILES string of the molecule is CCN=C=NCCCN(C)C.Cl.[BH4-].[Na+]. The van der Waals surface area contributed by atoms with Crippen LogP contribution in [0.5, 0.6) is 0 Å². The van der Waals surface area contributed by atoms with E-state index < -0.39 is 0 Å². The molecule has 0 atom stereocenters. The van der Waals surface area contributed by atoms with E-state index in [-0.39, 0.29) is 50.4 Å². The maximum Gasteiger partial charge on any atom is 1.00 e. The third-order valence-electron chi connectivity index (χ3n) is 1.17. The van der Waals surface area contributed by atoms with Crippen LogP contribution in [0.2, 0.25) is 0 Å². The molecule has 0 saturated carbocycles. The van der Waals surface area contributed by atoms with Gasteiger partial charge >= 0.3 is 29.6 Å². The maximum atomic E-state index is 3.99. The molecule has 0 aromatic heterocycles. The van der Waals surface area contributed by atoms with Crippen molar-refractivity contribution < 1.29 is 29.6 Å². The molecule has 6 heteroatoms. The first-order chi connectivity index (χ1) is 5.27. The average Bonchev–Trinajstić information content (AvgIpc) is 1.96. The second kappa shape index (κ2) is 19.3. The fourth-order valence-corrected chi connectivity index (χ4v) is 0.637. The van der Waals surface area contributed by atoms with Gasteiger partial charge in [-0.25, -0.2) is 9.98 Å². The van der Waals surface area contributed by atoms with Gasteiger partial charge in [0.2, 0.25) is 0 Å². The Morgan fingerprint density at radius 3 is 2.21 bits per heavy atom. The van der Waals surface area contributed by atoms with Crippen molar-refractivity contribution in [2.24, 2.45) is 9.98 Å². The van der Waals surface area contributed by atoms with E-state index in [0.29, 0.717) is 0 Å². The van der Waals surface area contributed by atoms with Crippen molar-refractivity contribution in [2.75, 3.05) is 33.7 Å². The first-order valence-corrected chi connectivity index (χ1v) is 4.00. The van der Waals surface area contributed by atoms with Gasteiger partial charge in [-0.1, -0.05) is 8.41 Å². The molecule has 0 bridgehead atoms. The molecule has 0 aliphatic carbocycles. The van der Waals surface area contributed by atoms with Crippen LogP contribution in [0.4, 0.5) is 0 Å². The van der Waals surface area contributed by atoms with E-state index in [4.69, 9.17) is 0 Å². The summed E-state index contributed by atoms with van der Waals surface area (Å²) in [5.74, 6) is 0. The Morgan fingerprint density at radius 2 is 1.79 bits per heavy atom. The average molecular weight is 230 g/mol. The van der Waals surface area contributed by atoms with Crippen molar-refractivity contribution in [1.82, 2.24) is 4.90 Å². The van der Waals surface area contributed by atoms with E-state index in [1.807, 2.05) is 6.92 Å². The van der Waals surface area contributed by atoms with Crippen molar-refractivity contribution in [3.63, 3.8) is 0 Å². The second-order valence-corrected chi connectivity index (χ2v) is 2.61. The minimum Gasteiger partial charge on any atom is -0.309 e. The molecule has 0 fully saturated rings. The van der Waals surface area contributed by atoms with E-state index in [1.165, 1.54) is 0 Å². The van der Waals surface area contributed by atoms with Crippen LogP contribution in [-0.4, -0.2) is 53.1 Å². The predicted octanol–water partition coefficient (Wildman–Crippen LogP) is -2.89. The molecule has 0 saturated heterocycles. The monoisotopic (exact) mass is 229 g/mol. The summed E-state index contributed by atoms with van der Waals surface area (Å²) in [5, 5.41) is 0. The van der Waals surface area contributed by atoms with Crippen LogP contribution in [0.1, 0.15) is 13.3 Å². The van der Waals surface area contributed by atoms with Crippen molar-refractivity contribution in [2.45, 2.75) is 13.3 Å². The predicted molar refractivity (Wildman–Crippen MR) is 67.0 cm³/mol. The first kappa shape index (κ1) is 24.1. The third kappa shape index (κ3) is 23.0. The molecule has 0 spiro atoms. The standard InChI is InChI=1S/C8H17N3.BH4.ClH.Na/c1-4-9-8-10-6-5-7-11(2)3;;;/h4-7H2,1-3H3;1H4;1H;/q;-1;;+1. The number of hydrogen-bond donors (Lipinski definition) is 0. The molecule has 14 heavy (non-hydrogen) atoms. The molecule has 0 radical (unpaired) electrons. The van der Waals surface area contributed by atoms with Gasteiger partial charge in [-0.2, -0.15) is 0 Å². The number of aliphatic imine (C=N–C) groups is 2. The Hall–Kier alpha value is 0.695. The van der Waals surface area contributed by atoms with Crippen LogP contribution in [0.15, 0.2) is 9.98 Å². The van der Waals surface area contributed by atoms with E-state index in [2.05, 4.69) is 35.0 Å². The molecule has 0 aliphatic heterocycles. The Balaban J connectivity index is -0.000000167. The van der Waals surface area contributed by atoms with E-state index >= 15 is 0 Å². The topological polar surface area (TPSA) is 28.0 Å². The normalized spacial score (nSPS) is 7.43. The molecule has 0 aromatic rings. The van der Waals surface area contributed by atoms with Crippen molar-refractivity contribution in [3.05, 3.63) is 0 Å². The number of nitrogens with zero attached hydrogens (tertiary/aromatic N) is 3. The summed E-state index contributed by atoms with van der Waals surface area (Å²) in [6, 6.07) is 2.64. The van der Waals surface area contributed by atoms with E-state index in [0.717, 1.165) is 26.1 Å². The van der Waals surface area contributed by atoms with Gasteiger partial charge in [0.15, 0.2) is 0 Å². The zero-order valence-corrected chi connectivity index (χ0v) is 11.9. The van der Waals surface area contributed by atoms with Gasteiger partial charge < -0.3 is 4.90 Å². The molecule has 0 N–H and O–H groups in total. The van der Waals surface area contributed by atoms with Crippen molar-refractivity contribution in [3.8, 4) is 0 Å². The zero-order valence-electron chi connectivity index (χ0n) is 9.08. The van der Waals surface area contributed by atoms with Crippen molar-refractivity contribution >= 4 is 26.8 Å². The van der Waals surface area contributed by atoms with Gasteiger partial charge in [0.05, 0.1) is 12.6 Å². The van der Waals surface area contributed by atoms with E-state index in [9.17, 15) is 0 Å². The molecule has 0 rings (SSSR count). The molecule has 0 heterocycles. The smallest absolute Gasteiger partial charge is 0.309 e. The summed E-state index contributed by atoms with van der Waals surface area (Å²) in [6.45, 7) is 4.67. The molecule has 0 unspecified atom stereocenters.